The Morgan fingerprint density at radius 3 is 2.40 bits per heavy atom. The number of likely N-dealkylation sites (tertiary alicyclic amines) is 1. The lowest BCUT2D eigenvalue weighted by Crippen LogP contribution is -2.39. The van der Waals surface area contributed by atoms with Gasteiger partial charge in [0, 0.05) is 15.0 Å². The van der Waals surface area contributed by atoms with Crippen LogP contribution in [0.5, 0.6) is 0 Å². The molecule has 0 spiro atoms. The van der Waals surface area contributed by atoms with E-state index in [2.05, 4.69) is 68.1 Å². The average Bonchev–Trinajstić information content (AvgIpc) is 2.44. The van der Waals surface area contributed by atoms with Crippen molar-refractivity contribution in [3.8, 4) is 0 Å². The van der Waals surface area contributed by atoms with Crippen LogP contribution >= 0.6 is 31.9 Å². The van der Waals surface area contributed by atoms with E-state index >= 15 is 0 Å². The Hall–Kier alpha value is -0.0600. The van der Waals surface area contributed by atoms with Gasteiger partial charge in [-0.25, -0.2) is 0 Å². The highest BCUT2D eigenvalue weighted by Gasteiger charge is 2.24. The van der Waals surface area contributed by atoms with E-state index in [-0.39, 0.29) is 0 Å². The monoisotopic (exact) mass is 402 g/mol. The minimum absolute atomic E-state index is 0.508. The lowest BCUT2D eigenvalue weighted by molar-refractivity contribution is 0.176. The van der Waals surface area contributed by atoms with E-state index in [0.717, 1.165) is 14.9 Å². The predicted molar refractivity (Wildman–Crippen MR) is 94.4 cm³/mol. The number of hydrogen-bond donors (Lipinski definition) is 1. The molecule has 0 amide bonds. The van der Waals surface area contributed by atoms with E-state index in [1.165, 1.54) is 44.6 Å². The Bertz CT molecular complexity index is 408. The van der Waals surface area contributed by atoms with E-state index in [1.807, 2.05) is 6.07 Å². The average molecular weight is 404 g/mol. The van der Waals surface area contributed by atoms with Gasteiger partial charge in [0.15, 0.2) is 0 Å². The van der Waals surface area contributed by atoms with Crippen LogP contribution in [0, 0.1) is 5.92 Å². The van der Waals surface area contributed by atoms with Gasteiger partial charge in [-0.05, 0) is 95.7 Å². The molecule has 2 nitrogen and oxygen atoms in total. The summed E-state index contributed by atoms with van der Waals surface area (Å²) in [6.07, 6.45) is 3.87. The molecule has 0 aliphatic carbocycles. The fraction of sp³-hybridized carbons (Fsp3) is 0.625. The third-order valence-corrected chi connectivity index (χ3v) is 5.54. The van der Waals surface area contributed by atoms with Gasteiger partial charge in [-0.3, -0.25) is 0 Å². The molecule has 1 saturated heterocycles. The number of nitrogens with one attached hydrogen (secondary N) is 1. The summed E-state index contributed by atoms with van der Waals surface area (Å²) in [5, 5.41) is 3.68. The van der Waals surface area contributed by atoms with Crippen molar-refractivity contribution in [2.24, 2.45) is 5.92 Å². The van der Waals surface area contributed by atoms with Crippen molar-refractivity contribution in [1.29, 1.82) is 0 Å². The first kappa shape index (κ1) is 16.3. The summed E-state index contributed by atoms with van der Waals surface area (Å²) in [7, 11) is 0. The summed E-state index contributed by atoms with van der Waals surface area (Å²) in [5.41, 5.74) is 1.18. The predicted octanol–water partition coefficient (Wildman–Crippen LogP) is 5.13. The number of rotatable bonds is 5. The van der Waals surface area contributed by atoms with Gasteiger partial charge >= 0.3 is 0 Å². The van der Waals surface area contributed by atoms with Crippen LogP contribution in [0.4, 0.5) is 5.69 Å². The zero-order valence-corrected chi connectivity index (χ0v) is 15.5. The molecule has 20 heavy (non-hydrogen) atoms. The maximum Gasteiger partial charge on any atom is 0.0631 e. The van der Waals surface area contributed by atoms with Crippen molar-refractivity contribution in [1.82, 2.24) is 4.90 Å². The molecule has 1 N–H and O–H groups in total. The first-order chi connectivity index (χ1) is 9.61. The van der Waals surface area contributed by atoms with Gasteiger partial charge in [0.2, 0.25) is 0 Å². The topological polar surface area (TPSA) is 15.3 Å². The van der Waals surface area contributed by atoms with Crippen LogP contribution in [-0.4, -0.2) is 30.6 Å². The highest BCUT2D eigenvalue weighted by molar-refractivity contribution is 9.11. The van der Waals surface area contributed by atoms with Crippen LogP contribution in [0.25, 0.3) is 0 Å². The zero-order valence-electron chi connectivity index (χ0n) is 12.3. The lowest BCUT2D eigenvalue weighted by atomic mass is 9.90. The molecule has 4 heteroatoms. The van der Waals surface area contributed by atoms with Gasteiger partial charge < -0.3 is 10.2 Å². The fourth-order valence-electron chi connectivity index (χ4n) is 2.97. The van der Waals surface area contributed by atoms with E-state index < -0.39 is 0 Å². The second kappa shape index (κ2) is 7.81. The number of para-hydroxylation sites is 1. The van der Waals surface area contributed by atoms with Crippen LogP contribution in [0.15, 0.2) is 27.1 Å². The summed E-state index contributed by atoms with van der Waals surface area (Å²) in [5.74, 6) is 0.766. The molecule has 1 fully saturated rings. The Morgan fingerprint density at radius 2 is 1.85 bits per heavy atom. The van der Waals surface area contributed by atoms with E-state index in [1.54, 1.807) is 0 Å². The first-order valence-electron chi connectivity index (χ1n) is 7.54. The molecule has 0 bridgehead atoms. The molecule has 1 aliphatic heterocycles. The zero-order chi connectivity index (χ0) is 14.5. The molecular weight excluding hydrogens is 380 g/mol. The standard InChI is InChI=1S/C16H24Br2N2/c1-3-9-20-10-7-13(8-11-20)12(2)19-16-14(17)5-4-6-15(16)18/h4-6,12-13,19H,3,7-11H2,1-2H3. The number of piperidine rings is 1. The molecule has 2 rings (SSSR count). The summed E-state index contributed by atoms with van der Waals surface area (Å²) in [4.78, 5) is 2.59. The highest BCUT2D eigenvalue weighted by atomic mass is 79.9. The largest absolute Gasteiger partial charge is 0.380 e. The molecular formula is C16H24Br2N2. The third kappa shape index (κ3) is 4.22. The van der Waals surface area contributed by atoms with Crippen molar-refractivity contribution >= 4 is 37.5 Å². The minimum Gasteiger partial charge on any atom is -0.380 e. The molecule has 1 aromatic carbocycles. The SMILES string of the molecule is CCCN1CCC(C(C)Nc2c(Br)cccc2Br)CC1. The maximum atomic E-state index is 3.68. The van der Waals surface area contributed by atoms with Crippen molar-refractivity contribution in [2.45, 2.75) is 39.2 Å². The quantitative estimate of drug-likeness (QED) is 0.732. The number of hydrogen-bond acceptors (Lipinski definition) is 2. The molecule has 1 heterocycles. The summed E-state index contributed by atoms with van der Waals surface area (Å²) >= 11 is 7.26. The maximum absolute atomic E-state index is 3.68. The van der Waals surface area contributed by atoms with Gasteiger partial charge in [-0.2, -0.15) is 0 Å². The summed E-state index contributed by atoms with van der Waals surface area (Å²) < 4.78 is 2.25. The molecule has 1 atom stereocenters. The normalized spacial score (nSPS) is 19.0. The van der Waals surface area contributed by atoms with Crippen molar-refractivity contribution in [3.63, 3.8) is 0 Å². The fourth-order valence-corrected chi connectivity index (χ4v) is 4.20. The molecule has 1 aliphatic rings. The van der Waals surface area contributed by atoms with Crippen LogP contribution in [0.1, 0.15) is 33.1 Å². The van der Waals surface area contributed by atoms with Gasteiger partial charge in [-0.15, -0.1) is 0 Å². The molecule has 1 aromatic rings. The highest BCUT2D eigenvalue weighted by Crippen LogP contribution is 2.33. The molecule has 0 radical (unpaired) electrons. The number of halogens is 2. The second-order valence-corrected chi connectivity index (χ2v) is 7.42. The van der Waals surface area contributed by atoms with Crippen LogP contribution in [0.3, 0.4) is 0 Å². The van der Waals surface area contributed by atoms with E-state index in [4.69, 9.17) is 0 Å². The Labute approximate surface area is 139 Å². The first-order valence-corrected chi connectivity index (χ1v) is 9.13. The second-order valence-electron chi connectivity index (χ2n) is 5.71. The Morgan fingerprint density at radius 1 is 1.25 bits per heavy atom. The Kier molecular flexibility index (Phi) is 6.37. The Balaban J connectivity index is 1.91. The lowest BCUT2D eigenvalue weighted by Gasteiger charge is -2.35. The number of anilines is 1. The van der Waals surface area contributed by atoms with E-state index in [9.17, 15) is 0 Å². The molecule has 0 saturated carbocycles. The minimum atomic E-state index is 0.508. The number of nitrogens with zero attached hydrogens (tertiary/aromatic N) is 1. The smallest absolute Gasteiger partial charge is 0.0631 e. The summed E-state index contributed by atoms with van der Waals surface area (Å²) in [6, 6.07) is 6.73. The summed E-state index contributed by atoms with van der Waals surface area (Å²) in [6.45, 7) is 8.33. The van der Waals surface area contributed by atoms with Crippen LogP contribution < -0.4 is 5.32 Å². The van der Waals surface area contributed by atoms with E-state index in [0.29, 0.717) is 6.04 Å². The molecule has 112 valence electrons. The van der Waals surface area contributed by atoms with Crippen molar-refractivity contribution in [2.75, 3.05) is 25.0 Å². The van der Waals surface area contributed by atoms with Crippen LogP contribution in [-0.2, 0) is 0 Å². The molecule has 0 aromatic heterocycles. The van der Waals surface area contributed by atoms with Crippen molar-refractivity contribution < 1.29 is 0 Å². The molecule has 1 unspecified atom stereocenters. The van der Waals surface area contributed by atoms with Gasteiger partial charge in [-0.1, -0.05) is 13.0 Å². The number of benzene rings is 1. The van der Waals surface area contributed by atoms with Gasteiger partial charge in [0.1, 0.15) is 0 Å². The van der Waals surface area contributed by atoms with Gasteiger partial charge in [0.05, 0.1) is 5.69 Å². The van der Waals surface area contributed by atoms with Gasteiger partial charge in [0.25, 0.3) is 0 Å². The third-order valence-electron chi connectivity index (χ3n) is 4.21. The van der Waals surface area contributed by atoms with Crippen molar-refractivity contribution in [3.05, 3.63) is 27.1 Å². The van der Waals surface area contributed by atoms with Crippen LogP contribution in [0.2, 0.25) is 0 Å².